The molecule has 5 heteroatoms. The van der Waals surface area contributed by atoms with Crippen LogP contribution >= 0.6 is 0 Å². The number of hydrogen-bond acceptors (Lipinski definition) is 4. The second-order valence-electron chi connectivity index (χ2n) is 5.68. The van der Waals surface area contributed by atoms with Gasteiger partial charge in [0.05, 0.1) is 0 Å². The van der Waals surface area contributed by atoms with Crippen molar-refractivity contribution in [2.45, 2.75) is 44.3 Å². The van der Waals surface area contributed by atoms with Crippen LogP contribution in [0.1, 0.15) is 32.1 Å². The molecule has 21 heavy (non-hydrogen) atoms. The van der Waals surface area contributed by atoms with Crippen LogP contribution in [0, 0.1) is 0 Å². The molecule has 1 aromatic rings. The van der Waals surface area contributed by atoms with Crippen molar-refractivity contribution in [2.75, 3.05) is 19.7 Å². The van der Waals surface area contributed by atoms with E-state index in [1.807, 2.05) is 17.0 Å². The van der Waals surface area contributed by atoms with E-state index < -0.39 is 0 Å². The molecule has 2 aliphatic rings. The van der Waals surface area contributed by atoms with E-state index in [-0.39, 0.29) is 18.1 Å². The number of likely N-dealkylation sites (tertiary alicyclic amines) is 1. The Balaban J connectivity index is 1.47. The van der Waals surface area contributed by atoms with Crippen LogP contribution in [0.15, 0.2) is 24.5 Å². The van der Waals surface area contributed by atoms with Crippen LogP contribution in [0.5, 0.6) is 5.75 Å². The largest absolute Gasteiger partial charge is 0.490 e. The molecule has 114 valence electrons. The number of aromatic nitrogens is 1. The lowest BCUT2D eigenvalue weighted by Crippen LogP contribution is -2.47. The SMILES string of the molecule is O=C([C@@H]1CCCCO1)N1CCC(Oc2ccncc2)CC1. The summed E-state index contributed by atoms with van der Waals surface area (Å²) in [5, 5.41) is 0. The number of carbonyl (C=O) groups is 1. The van der Waals surface area contributed by atoms with Crippen molar-refractivity contribution >= 4 is 5.91 Å². The van der Waals surface area contributed by atoms with Gasteiger partial charge >= 0.3 is 0 Å². The van der Waals surface area contributed by atoms with Gasteiger partial charge in [-0.2, -0.15) is 0 Å². The Hall–Kier alpha value is -1.62. The van der Waals surface area contributed by atoms with Crippen LogP contribution in [-0.4, -0.2) is 47.7 Å². The van der Waals surface area contributed by atoms with E-state index in [9.17, 15) is 4.79 Å². The molecule has 2 fully saturated rings. The summed E-state index contributed by atoms with van der Waals surface area (Å²) in [6.45, 7) is 2.24. The second-order valence-corrected chi connectivity index (χ2v) is 5.68. The Bertz CT molecular complexity index is 452. The fourth-order valence-electron chi connectivity index (χ4n) is 2.94. The Morgan fingerprint density at radius 2 is 1.95 bits per heavy atom. The van der Waals surface area contributed by atoms with Crippen molar-refractivity contribution in [2.24, 2.45) is 0 Å². The Morgan fingerprint density at radius 1 is 1.19 bits per heavy atom. The lowest BCUT2D eigenvalue weighted by Gasteiger charge is -2.35. The zero-order chi connectivity index (χ0) is 14.5. The van der Waals surface area contributed by atoms with Crippen LogP contribution < -0.4 is 4.74 Å². The molecule has 0 aromatic carbocycles. The number of carbonyl (C=O) groups excluding carboxylic acids is 1. The normalized spacial score (nSPS) is 23.8. The zero-order valence-corrected chi connectivity index (χ0v) is 12.2. The average Bonchev–Trinajstić information content (AvgIpc) is 2.57. The van der Waals surface area contributed by atoms with Crippen molar-refractivity contribution in [1.29, 1.82) is 0 Å². The van der Waals surface area contributed by atoms with Crippen molar-refractivity contribution in [3.05, 3.63) is 24.5 Å². The van der Waals surface area contributed by atoms with Gasteiger partial charge in [-0.1, -0.05) is 0 Å². The van der Waals surface area contributed by atoms with E-state index in [1.54, 1.807) is 12.4 Å². The van der Waals surface area contributed by atoms with Gasteiger partial charge in [-0.15, -0.1) is 0 Å². The standard InChI is InChI=1S/C16H22N2O3/c19-16(15-3-1-2-12-20-15)18-10-6-14(7-11-18)21-13-4-8-17-9-5-13/h4-5,8-9,14-15H,1-3,6-7,10-12H2/t15-/m0/s1. The first-order chi connectivity index (χ1) is 10.3. The molecule has 1 aromatic heterocycles. The van der Waals surface area contributed by atoms with E-state index in [2.05, 4.69) is 4.98 Å². The third-order valence-electron chi connectivity index (χ3n) is 4.16. The summed E-state index contributed by atoms with van der Waals surface area (Å²) in [6.07, 6.45) is 8.22. The molecule has 1 atom stereocenters. The van der Waals surface area contributed by atoms with E-state index in [4.69, 9.17) is 9.47 Å². The van der Waals surface area contributed by atoms with Crippen LogP contribution in [-0.2, 0) is 9.53 Å². The van der Waals surface area contributed by atoms with E-state index in [0.717, 1.165) is 57.6 Å². The predicted octanol–water partition coefficient (Wildman–Crippen LogP) is 2.02. The molecule has 5 nitrogen and oxygen atoms in total. The highest BCUT2D eigenvalue weighted by molar-refractivity contribution is 5.81. The minimum absolute atomic E-state index is 0.164. The Labute approximate surface area is 125 Å². The molecular formula is C16H22N2O3. The smallest absolute Gasteiger partial charge is 0.251 e. The molecule has 2 saturated heterocycles. The molecule has 0 unspecified atom stereocenters. The van der Waals surface area contributed by atoms with E-state index in [1.165, 1.54) is 0 Å². The number of rotatable bonds is 3. The van der Waals surface area contributed by atoms with Gasteiger partial charge in [0.2, 0.25) is 0 Å². The first-order valence-corrected chi connectivity index (χ1v) is 7.80. The number of ether oxygens (including phenoxy) is 2. The van der Waals surface area contributed by atoms with Crippen molar-refractivity contribution in [1.82, 2.24) is 9.88 Å². The van der Waals surface area contributed by atoms with Gasteiger partial charge in [0.25, 0.3) is 5.91 Å². The molecule has 3 heterocycles. The maximum Gasteiger partial charge on any atom is 0.251 e. The molecule has 0 saturated carbocycles. The van der Waals surface area contributed by atoms with Gasteiger partial charge in [0.1, 0.15) is 18.0 Å². The first kappa shape index (κ1) is 14.3. The van der Waals surface area contributed by atoms with Gasteiger partial charge in [-0.25, -0.2) is 0 Å². The van der Waals surface area contributed by atoms with Crippen LogP contribution in [0.4, 0.5) is 0 Å². The number of piperidine rings is 1. The molecule has 0 N–H and O–H groups in total. The summed E-state index contributed by atoms with van der Waals surface area (Å²) in [5.41, 5.74) is 0. The molecule has 2 aliphatic heterocycles. The lowest BCUT2D eigenvalue weighted by atomic mass is 10.0. The van der Waals surface area contributed by atoms with Gasteiger partial charge in [-0.3, -0.25) is 9.78 Å². The zero-order valence-electron chi connectivity index (χ0n) is 12.2. The predicted molar refractivity (Wildman–Crippen MR) is 78.1 cm³/mol. The highest BCUT2D eigenvalue weighted by Gasteiger charge is 2.30. The number of pyridine rings is 1. The molecule has 0 spiro atoms. The quantitative estimate of drug-likeness (QED) is 0.854. The average molecular weight is 290 g/mol. The molecule has 0 radical (unpaired) electrons. The summed E-state index contributed by atoms with van der Waals surface area (Å²) in [7, 11) is 0. The van der Waals surface area contributed by atoms with Crippen molar-refractivity contribution in [3.8, 4) is 5.75 Å². The monoisotopic (exact) mass is 290 g/mol. The molecule has 0 aliphatic carbocycles. The third-order valence-corrected chi connectivity index (χ3v) is 4.16. The molecular weight excluding hydrogens is 268 g/mol. The Kier molecular flexibility index (Phi) is 4.70. The number of amides is 1. The topological polar surface area (TPSA) is 51.7 Å². The lowest BCUT2D eigenvalue weighted by molar-refractivity contribution is -0.148. The molecule has 0 bridgehead atoms. The third kappa shape index (κ3) is 3.73. The van der Waals surface area contributed by atoms with Crippen LogP contribution in [0.2, 0.25) is 0 Å². The summed E-state index contributed by atoms with van der Waals surface area (Å²) < 4.78 is 11.5. The summed E-state index contributed by atoms with van der Waals surface area (Å²) >= 11 is 0. The van der Waals surface area contributed by atoms with Gasteiger partial charge < -0.3 is 14.4 Å². The van der Waals surface area contributed by atoms with Crippen LogP contribution in [0.3, 0.4) is 0 Å². The molecule has 3 rings (SSSR count). The van der Waals surface area contributed by atoms with Crippen molar-refractivity contribution < 1.29 is 14.3 Å². The number of hydrogen-bond donors (Lipinski definition) is 0. The Morgan fingerprint density at radius 3 is 2.62 bits per heavy atom. The maximum atomic E-state index is 12.4. The second kappa shape index (κ2) is 6.89. The van der Waals surface area contributed by atoms with E-state index in [0.29, 0.717) is 0 Å². The highest BCUT2D eigenvalue weighted by Crippen LogP contribution is 2.21. The van der Waals surface area contributed by atoms with Crippen molar-refractivity contribution in [3.63, 3.8) is 0 Å². The summed E-state index contributed by atoms with van der Waals surface area (Å²) in [5.74, 6) is 1.02. The highest BCUT2D eigenvalue weighted by atomic mass is 16.5. The maximum absolute atomic E-state index is 12.4. The van der Waals surface area contributed by atoms with E-state index >= 15 is 0 Å². The minimum atomic E-state index is -0.212. The first-order valence-electron chi connectivity index (χ1n) is 7.80. The number of nitrogens with zero attached hydrogens (tertiary/aromatic N) is 2. The fraction of sp³-hybridized carbons (Fsp3) is 0.625. The fourth-order valence-corrected chi connectivity index (χ4v) is 2.94. The van der Waals surface area contributed by atoms with Crippen LogP contribution in [0.25, 0.3) is 0 Å². The minimum Gasteiger partial charge on any atom is -0.490 e. The summed E-state index contributed by atoms with van der Waals surface area (Å²) in [6, 6.07) is 3.74. The van der Waals surface area contributed by atoms with Gasteiger partial charge in [-0.05, 0) is 31.4 Å². The molecule has 1 amide bonds. The van der Waals surface area contributed by atoms with Gasteiger partial charge in [0.15, 0.2) is 0 Å². The van der Waals surface area contributed by atoms with Gasteiger partial charge in [0, 0.05) is 44.9 Å². The summed E-state index contributed by atoms with van der Waals surface area (Å²) in [4.78, 5) is 18.3.